The van der Waals surface area contributed by atoms with E-state index in [0.717, 1.165) is 21.3 Å². The third kappa shape index (κ3) is 2.72. The van der Waals surface area contributed by atoms with Crippen LogP contribution < -0.4 is 5.73 Å². The van der Waals surface area contributed by atoms with Gasteiger partial charge in [-0.2, -0.15) is 0 Å². The van der Waals surface area contributed by atoms with Gasteiger partial charge in [0.05, 0.1) is 23.9 Å². The number of aryl methyl sites for hydroxylation is 1. The molecule has 1 unspecified atom stereocenters. The normalized spacial score (nSPS) is 12.3. The molecule has 2 rings (SSSR count). The van der Waals surface area contributed by atoms with Crippen LogP contribution in [0.25, 0.3) is 10.7 Å². The van der Waals surface area contributed by atoms with E-state index >= 15 is 0 Å². The molecule has 0 aromatic carbocycles. The lowest BCUT2D eigenvalue weighted by atomic mass is 10.1. The molecule has 0 saturated heterocycles. The van der Waals surface area contributed by atoms with Crippen LogP contribution in [-0.2, 0) is 4.79 Å². The summed E-state index contributed by atoms with van der Waals surface area (Å²) in [6.45, 7) is 1.83. The summed E-state index contributed by atoms with van der Waals surface area (Å²) in [5, 5.41) is 9.52. The number of aromatic nitrogens is 2. The minimum Gasteiger partial charge on any atom is -0.481 e. The van der Waals surface area contributed by atoms with Crippen molar-refractivity contribution in [2.45, 2.75) is 19.4 Å². The predicted octanol–water partition coefficient (Wildman–Crippen LogP) is 1.99. The van der Waals surface area contributed by atoms with E-state index in [1.807, 2.05) is 25.1 Å². The lowest BCUT2D eigenvalue weighted by molar-refractivity contribution is -0.137. The van der Waals surface area contributed by atoms with Gasteiger partial charge in [0.25, 0.3) is 0 Å². The number of thiazole rings is 1. The molecule has 6 heteroatoms. The van der Waals surface area contributed by atoms with Crippen LogP contribution in [0.1, 0.15) is 23.0 Å². The van der Waals surface area contributed by atoms with Crippen LogP contribution in [0.3, 0.4) is 0 Å². The zero-order valence-electron chi connectivity index (χ0n) is 9.83. The average molecular weight is 263 g/mol. The lowest BCUT2D eigenvalue weighted by Crippen LogP contribution is -2.14. The van der Waals surface area contributed by atoms with Gasteiger partial charge in [0.15, 0.2) is 0 Å². The Labute approximate surface area is 108 Å². The molecule has 5 nitrogen and oxygen atoms in total. The third-order valence-corrected chi connectivity index (χ3v) is 3.76. The van der Waals surface area contributed by atoms with Crippen LogP contribution in [0.5, 0.6) is 0 Å². The van der Waals surface area contributed by atoms with Gasteiger partial charge < -0.3 is 10.8 Å². The molecule has 0 saturated carbocycles. The van der Waals surface area contributed by atoms with Crippen molar-refractivity contribution in [3.63, 3.8) is 0 Å². The largest absolute Gasteiger partial charge is 0.481 e. The van der Waals surface area contributed by atoms with Crippen LogP contribution in [0, 0.1) is 6.92 Å². The van der Waals surface area contributed by atoms with E-state index in [4.69, 9.17) is 10.8 Å². The Balaban J connectivity index is 2.30. The maximum absolute atomic E-state index is 10.7. The van der Waals surface area contributed by atoms with Crippen LogP contribution in [0.4, 0.5) is 0 Å². The van der Waals surface area contributed by atoms with Crippen molar-refractivity contribution < 1.29 is 9.90 Å². The van der Waals surface area contributed by atoms with Crippen molar-refractivity contribution in [2.75, 3.05) is 0 Å². The van der Waals surface area contributed by atoms with Gasteiger partial charge in [-0.15, -0.1) is 11.3 Å². The number of pyridine rings is 1. The molecule has 0 aliphatic rings. The molecule has 1 atom stereocenters. The number of hydrogen-bond donors (Lipinski definition) is 2. The summed E-state index contributed by atoms with van der Waals surface area (Å²) in [6, 6.07) is 5.07. The van der Waals surface area contributed by atoms with Gasteiger partial charge in [-0.25, -0.2) is 4.98 Å². The molecular weight excluding hydrogens is 250 g/mol. The van der Waals surface area contributed by atoms with Crippen molar-refractivity contribution >= 4 is 17.3 Å². The van der Waals surface area contributed by atoms with Crippen molar-refractivity contribution in [2.24, 2.45) is 5.73 Å². The number of carboxylic acids is 1. The van der Waals surface area contributed by atoms with Gasteiger partial charge >= 0.3 is 5.97 Å². The van der Waals surface area contributed by atoms with Crippen LogP contribution >= 0.6 is 11.3 Å². The zero-order valence-corrected chi connectivity index (χ0v) is 10.6. The first kappa shape index (κ1) is 12.7. The zero-order chi connectivity index (χ0) is 13.1. The lowest BCUT2D eigenvalue weighted by Gasteiger charge is -2.05. The summed E-state index contributed by atoms with van der Waals surface area (Å²) in [6.07, 6.45) is 1.60. The summed E-state index contributed by atoms with van der Waals surface area (Å²) < 4.78 is 0. The summed E-state index contributed by atoms with van der Waals surface area (Å²) in [5.74, 6) is -0.908. The Morgan fingerprint density at radius 2 is 2.33 bits per heavy atom. The minimum absolute atomic E-state index is 0.0926. The highest BCUT2D eigenvalue weighted by molar-refractivity contribution is 7.15. The quantitative estimate of drug-likeness (QED) is 0.880. The van der Waals surface area contributed by atoms with E-state index in [2.05, 4.69) is 9.97 Å². The molecule has 2 aromatic heterocycles. The van der Waals surface area contributed by atoms with Crippen LogP contribution in [0.15, 0.2) is 24.4 Å². The van der Waals surface area contributed by atoms with Crippen LogP contribution in [-0.4, -0.2) is 21.0 Å². The van der Waals surface area contributed by atoms with E-state index in [1.165, 1.54) is 11.3 Å². The SMILES string of the molecule is Cc1nc(-c2ccccn2)sc1C(N)CC(=O)O. The summed E-state index contributed by atoms with van der Waals surface area (Å²) in [4.78, 5) is 20.1. The number of rotatable bonds is 4. The highest BCUT2D eigenvalue weighted by Gasteiger charge is 2.18. The van der Waals surface area contributed by atoms with E-state index in [0.29, 0.717) is 0 Å². The topological polar surface area (TPSA) is 89.1 Å². The number of nitrogens with two attached hydrogens (primary N) is 1. The fourth-order valence-electron chi connectivity index (χ4n) is 1.63. The standard InChI is InChI=1S/C12H13N3O2S/c1-7-11(8(13)6-10(16)17)18-12(15-7)9-4-2-3-5-14-9/h2-5,8H,6,13H2,1H3,(H,16,17). The summed E-state index contributed by atoms with van der Waals surface area (Å²) in [5.41, 5.74) is 7.41. The minimum atomic E-state index is -0.908. The van der Waals surface area contributed by atoms with Crippen molar-refractivity contribution in [3.8, 4) is 10.7 Å². The van der Waals surface area contributed by atoms with Gasteiger partial charge in [-0.05, 0) is 19.1 Å². The Hall–Kier alpha value is -1.79. The van der Waals surface area contributed by atoms with Gasteiger partial charge in [0.1, 0.15) is 5.01 Å². The molecule has 0 aliphatic carbocycles. The van der Waals surface area contributed by atoms with E-state index < -0.39 is 12.0 Å². The predicted molar refractivity (Wildman–Crippen MR) is 69.3 cm³/mol. The molecule has 0 bridgehead atoms. The van der Waals surface area contributed by atoms with Crippen LogP contribution in [0.2, 0.25) is 0 Å². The van der Waals surface area contributed by atoms with Crippen molar-refractivity contribution in [3.05, 3.63) is 35.0 Å². The molecule has 0 radical (unpaired) electrons. The average Bonchev–Trinajstić information content (AvgIpc) is 2.72. The maximum Gasteiger partial charge on any atom is 0.305 e. The van der Waals surface area contributed by atoms with E-state index in [-0.39, 0.29) is 6.42 Å². The van der Waals surface area contributed by atoms with E-state index in [9.17, 15) is 4.79 Å². The summed E-state index contributed by atoms with van der Waals surface area (Å²) in [7, 11) is 0. The molecule has 2 heterocycles. The molecule has 94 valence electrons. The molecule has 18 heavy (non-hydrogen) atoms. The smallest absolute Gasteiger partial charge is 0.305 e. The highest BCUT2D eigenvalue weighted by Crippen LogP contribution is 2.30. The number of nitrogens with zero attached hydrogens (tertiary/aromatic N) is 2. The Kier molecular flexibility index (Phi) is 3.69. The molecule has 0 spiro atoms. The second kappa shape index (κ2) is 5.24. The first-order chi connectivity index (χ1) is 8.58. The molecule has 0 amide bonds. The number of hydrogen-bond acceptors (Lipinski definition) is 5. The first-order valence-corrected chi connectivity index (χ1v) is 6.25. The molecule has 0 aliphatic heterocycles. The fourth-order valence-corrected chi connectivity index (χ4v) is 2.68. The molecule has 2 aromatic rings. The summed E-state index contributed by atoms with van der Waals surface area (Å²) >= 11 is 1.40. The molecule has 3 N–H and O–H groups in total. The van der Waals surface area contributed by atoms with Gasteiger partial charge in [-0.1, -0.05) is 6.07 Å². The second-order valence-electron chi connectivity index (χ2n) is 3.89. The first-order valence-electron chi connectivity index (χ1n) is 5.44. The van der Waals surface area contributed by atoms with Crippen molar-refractivity contribution in [1.82, 2.24) is 9.97 Å². The number of aliphatic carboxylic acids is 1. The number of carbonyl (C=O) groups is 1. The van der Waals surface area contributed by atoms with E-state index in [1.54, 1.807) is 6.20 Å². The van der Waals surface area contributed by atoms with Gasteiger partial charge in [-0.3, -0.25) is 9.78 Å². The monoisotopic (exact) mass is 263 g/mol. The van der Waals surface area contributed by atoms with Gasteiger partial charge in [0, 0.05) is 11.1 Å². The van der Waals surface area contributed by atoms with Crippen molar-refractivity contribution in [1.29, 1.82) is 0 Å². The highest BCUT2D eigenvalue weighted by atomic mass is 32.1. The Morgan fingerprint density at radius 3 is 2.94 bits per heavy atom. The molecular formula is C12H13N3O2S. The fraction of sp³-hybridized carbons (Fsp3) is 0.250. The van der Waals surface area contributed by atoms with Gasteiger partial charge in [0.2, 0.25) is 0 Å². The number of carboxylic acid groups (broad SMARTS) is 1. The Bertz CT molecular complexity index is 554. The Morgan fingerprint density at radius 1 is 1.56 bits per heavy atom. The maximum atomic E-state index is 10.7. The molecule has 0 fully saturated rings. The third-order valence-electron chi connectivity index (χ3n) is 2.45. The second-order valence-corrected chi connectivity index (χ2v) is 4.92.